The van der Waals surface area contributed by atoms with Crippen LogP contribution in [0.4, 0.5) is 11.6 Å². The molecule has 1 aliphatic heterocycles. The van der Waals surface area contributed by atoms with Gasteiger partial charge in [0, 0.05) is 56.2 Å². The second kappa shape index (κ2) is 6.92. The molecule has 0 radical (unpaired) electrons. The van der Waals surface area contributed by atoms with Crippen molar-refractivity contribution in [1.82, 2.24) is 24.7 Å². The first-order valence-electron chi connectivity index (χ1n) is 9.47. The summed E-state index contributed by atoms with van der Waals surface area (Å²) in [5.74, 6) is 3.56. The van der Waals surface area contributed by atoms with E-state index in [0.717, 1.165) is 49.5 Å². The molecule has 0 bridgehead atoms. The topological polar surface area (TPSA) is 63.0 Å². The molecule has 1 aromatic carbocycles. The Morgan fingerprint density at radius 1 is 0.821 bits per heavy atom. The number of aryl methyl sites for hydroxylation is 1. The van der Waals surface area contributed by atoms with E-state index in [4.69, 9.17) is 0 Å². The number of pyridine rings is 1. The van der Waals surface area contributed by atoms with Crippen LogP contribution in [0.15, 0.2) is 61.1 Å². The van der Waals surface area contributed by atoms with Gasteiger partial charge in [0.25, 0.3) is 0 Å². The van der Waals surface area contributed by atoms with Crippen LogP contribution in [-0.4, -0.2) is 50.9 Å². The highest BCUT2D eigenvalue weighted by Crippen LogP contribution is 2.26. The van der Waals surface area contributed by atoms with Crippen molar-refractivity contribution in [3.8, 4) is 5.82 Å². The maximum atomic E-state index is 4.66. The second-order valence-corrected chi connectivity index (χ2v) is 6.91. The van der Waals surface area contributed by atoms with Crippen LogP contribution in [0.2, 0.25) is 0 Å². The van der Waals surface area contributed by atoms with Gasteiger partial charge in [-0.15, -0.1) is 0 Å². The molecule has 4 heterocycles. The van der Waals surface area contributed by atoms with E-state index in [1.54, 1.807) is 10.9 Å². The number of fused-ring (bicyclic) bond motifs is 1. The van der Waals surface area contributed by atoms with Crippen LogP contribution in [0.3, 0.4) is 0 Å². The lowest BCUT2D eigenvalue weighted by molar-refractivity contribution is 0.641. The molecular formula is C21H21N7. The molecule has 0 amide bonds. The molecule has 4 aromatic rings. The molecule has 1 saturated heterocycles. The minimum absolute atomic E-state index is 0.751. The van der Waals surface area contributed by atoms with Crippen molar-refractivity contribution in [2.24, 2.45) is 0 Å². The molecule has 0 aliphatic carbocycles. The summed E-state index contributed by atoms with van der Waals surface area (Å²) < 4.78 is 1.77. The molecule has 140 valence electrons. The predicted molar refractivity (Wildman–Crippen MR) is 110 cm³/mol. The fraction of sp³-hybridized carbons (Fsp3) is 0.238. The Morgan fingerprint density at radius 2 is 1.61 bits per heavy atom. The number of aromatic nitrogens is 5. The van der Waals surface area contributed by atoms with Gasteiger partial charge in [-0.25, -0.2) is 19.6 Å². The van der Waals surface area contributed by atoms with Crippen LogP contribution in [0.5, 0.6) is 0 Å². The van der Waals surface area contributed by atoms with E-state index < -0.39 is 0 Å². The van der Waals surface area contributed by atoms with Crippen LogP contribution < -0.4 is 9.80 Å². The van der Waals surface area contributed by atoms with Crippen molar-refractivity contribution >= 4 is 22.4 Å². The summed E-state index contributed by atoms with van der Waals surface area (Å²) in [6.45, 7) is 5.51. The van der Waals surface area contributed by atoms with Crippen LogP contribution in [0.25, 0.3) is 16.6 Å². The number of piperazine rings is 1. The number of rotatable bonds is 3. The molecule has 28 heavy (non-hydrogen) atoms. The van der Waals surface area contributed by atoms with Gasteiger partial charge in [-0.05, 0) is 24.4 Å². The highest BCUT2D eigenvalue weighted by atomic mass is 15.3. The first kappa shape index (κ1) is 16.7. The molecule has 7 heteroatoms. The van der Waals surface area contributed by atoms with E-state index in [-0.39, 0.29) is 0 Å². The van der Waals surface area contributed by atoms with E-state index in [0.29, 0.717) is 0 Å². The summed E-state index contributed by atoms with van der Waals surface area (Å²) in [4.78, 5) is 18.5. The van der Waals surface area contributed by atoms with Gasteiger partial charge in [0.15, 0.2) is 5.82 Å². The molecule has 0 N–H and O–H groups in total. The maximum absolute atomic E-state index is 4.66. The van der Waals surface area contributed by atoms with E-state index >= 15 is 0 Å². The van der Waals surface area contributed by atoms with E-state index in [1.807, 2.05) is 31.5 Å². The second-order valence-electron chi connectivity index (χ2n) is 6.91. The van der Waals surface area contributed by atoms with Gasteiger partial charge >= 0.3 is 0 Å². The Labute approximate surface area is 163 Å². The third-order valence-electron chi connectivity index (χ3n) is 5.11. The summed E-state index contributed by atoms with van der Waals surface area (Å²) in [7, 11) is 0. The standard InChI is InChI=1S/C21H21N7/c1-16-24-19(15-20(25-16)28-10-4-8-23-28)26-11-13-27(14-12-26)21-18-6-3-2-5-17(18)7-9-22-21/h2-10,15H,11-14H2,1H3. The molecule has 3 aromatic heterocycles. The lowest BCUT2D eigenvalue weighted by atomic mass is 10.1. The Morgan fingerprint density at radius 3 is 2.43 bits per heavy atom. The van der Waals surface area contributed by atoms with Crippen LogP contribution >= 0.6 is 0 Å². The smallest absolute Gasteiger partial charge is 0.159 e. The molecule has 0 unspecified atom stereocenters. The Kier molecular flexibility index (Phi) is 4.12. The Balaban J connectivity index is 1.38. The number of nitrogens with zero attached hydrogens (tertiary/aromatic N) is 7. The molecule has 1 fully saturated rings. The molecule has 0 atom stereocenters. The van der Waals surface area contributed by atoms with Crippen LogP contribution in [-0.2, 0) is 0 Å². The van der Waals surface area contributed by atoms with Crippen molar-refractivity contribution in [3.63, 3.8) is 0 Å². The largest absolute Gasteiger partial charge is 0.353 e. The highest BCUT2D eigenvalue weighted by molar-refractivity contribution is 5.92. The SMILES string of the molecule is Cc1nc(N2CCN(c3nccc4ccccc34)CC2)cc(-n2cccn2)n1. The van der Waals surface area contributed by atoms with Gasteiger partial charge in [0.05, 0.1) is 0 Å². The summed E-state index contributed by atoms with van der Waals surface area (Å²) in [5, 5.41) is 6.72. The third kappa shape index (κ3) is 3.05. The van der Waals surface area contributed by atoms with E-state index in [2.05, 4.69) is 60.2 Å². The minimum atomic E-state index is 0.751. The predicted octanol–water partition coefficient (Wildman–Crippen LogP) is 2.85. The summed E-state index contributed by atoms with van der Waals surface area (Å²) in [6, 6.07) is 14.4. The fourth-order valence-electron chi connectivity index (χ4n) is 3.72. The van der Waals surface area contributed by atoms with Crippen molar-refractivity contribution in [3.05, 3.63) is 66.9 Å². The van der Waals surface area contributed by atoms with Gasteiger partial charge in [-0.1, -0.05) is 24.3 Å². The molecule has 1 aliphatic rings. The van der Waals surface area contributed by atoms with Crippen LogP contribution in [0.1, 0.15) is 5.82 Å². The zero-order valence-electron chi connectivity index (χ0n) is 15.7. The lowest BCUT2D eigenvalue weighted by Crippen LogP contribution is -2.47. The first-order valence-corrected chi connectivity index (χ1v) is 9.47. The normalized spacial score (nSPS) is 14.6. The molecule has 0 saturated carbocycles. The van der Waals surface area contributed by atoms with Crippen LogP contribution in [0, 0.1) is 6.92 Å². The van der Waals surface area contributed by atoms with Gasteiger partial charge in [0.2, 0.25) is 0 Å². The van der Waals surface area contributed by atoms with E-state index in [9.17, 15) is 0 Å². The van der Waals surface area contributed by atoms with Crippen molar-refractivity contribution < 1.29 is 0 Å². The summed E-state index contributed by atoms with van der Waals surface area (Å²) in [5.41, 5.74) is 0. The monoisotopic (exact) mass is 371 g/mol. The van der Waals surface area contributed by atoms with Gasteiger partial charge in [-0.3, -0.25) is 0 Å². The third-order valence-corrected chi connectivity index (χ3v) is 5.11. The van der Waals surface area contributed by atoms with Gasteiger partial charge < -0.3 is 9.80 Å². The zero-order valence-corrected chi connectivity index (χ0v) is 15.7. The van der Waals surface area contributed by atoms with Gasteiger partial charge in [0.1, 0.15) is 17.5 Å². The average molecular weight is 371 g/mol. The molecule has 7 nitrogen and oxygen atoms in total. The molecule has 0 spiro atoms. The number of anilines is 2. The first-order chi connectivity index (χ1) is 13.8. The zero-order chi connectivity index (χ0) is 18.9. The lowest BCUT2D eigenvalue weighted by Gasteiger charge is -2.36. The number of hydrogen-bond donors (Lipinski definition) is 0. The quantitative estimate of drug-likeness (QED) is 0.552. The molecular weight excluding hydrogens is 350 g/mol. The highest BCUT2D eigenvalue weighted by Gasteiger charge is 2.21. The van der Waals surface area contributed by atoms with Crippen molar-refractivity contribution in [1.29, 1.82) is 0 Å². The maximum Gasteiger partial charge on any atom is 0.159 e. The molecule has 5 rings (SSSR count). The van der Waals surface area contributed by atoms with Crippen molar-refractivity contribution in [2.45, 2.75) is 6.92 Å². The number of hydrogen-bond acceptors (Lipinski definition) is 6. The number of benzene rings is 1. The summed E-state index contributed by atoms with van der Waals surface area (Å²) in [6.07, 6.45) is 5.55. The Bertz CT molecular complexity index is 1090. The summed E-state index contributed by atoms with van der Waals surface area (Å²) >= 11 is 0. The minimum Gasteiger partial charge on any atom is -0.353 e. The van der Waals surface area contributed by atoms with E-state index in [1.165, 1.54) is 10.8 Å². The van der Waals surface area contributed by atoms with Gasteiger partial charge in [-0.2, -0.15) is 5.10 Å². The Hall–Kier alpha value is -3.48. The van der Waals surface area contributed by atoms with Crippen molar-refractivity contribution in [2.75, 3.05) is 36.0 Å². The average Bonchev–Trinajstić information content (AvgIpc) is 3.28. The fourth-order valence-corrected chi connectivity index (χ4v) is 3.72.